The smallest absolute Gasteiger partial charge is 0.200 e. The molecule has 0 bridgehead atoms. The van der Waals surface area contributed by atoms with Crippen molar-refractivity contribution in [2.24, 2.45) is 5.10 Å². The Morgan fingerprint density at radius 2 is 1.68 bits per heavy atom. The number of rotatable bonds is 10. The van der Waals surface area contributed by atoms with Crippen LogP contribution < -0.4 is 5.43 Å². The summed E-state index contributed by atoms with van der Waals surface area (Å²) in [4.78, 5) is 0. The second-order valence-electron chi connectivity index (χ2n) is 8.22. The van der Waals surface area contributed by atoms with E-state index in [0.29, 0.717) is 13.2 Å². The highest BCUT2D eigenvalue weighted by Crippen LogP contribution is 2.22. The van der Waals surface area contributed by atoms with Gasteiger partial charge in [-0.2, -0.15) is 5.10 Å². The molecule has 1 unspecified atom stereocenters. The van der Waals surface area contributed by atoms with E-state index in [1.165, 1.54) is 5.56 Å². The van der Waals surface area contributed by atoms with Gasteiger partial charge in [-0.05, 0) is 35.5 Å². The van der Waals surface area contributed by atoms with Gasteiger partial charge in [0.25, 0.3) is 0 Å². The Morgan fingerprint density at radius 3 is 2.32 bits per heavy atom. The summed E-state index contributed by atoms with van der Waals surface area (Å²) in [6.45, 7) is 12.4. The summed E-state index contributed by atoms with van der Waals surface area (Å²) < 4.78 is 11.8. The van der Waals surface area contributed by atoms with Crippen molar-refractivity contribution in [3.8, 4) is 0 Å². The Balaban J connectivity index is 2.04. The van der Waals surface area contributed by atoms with E-state index in [4.69, 9.17) is 9.47 Å². The molecule has 0 saturated heterocycles. The average molecular weight is 385 g/mol. The molecule has 0 aliphatic carbocycles. The normalized spacial score (nSPS) is 17.2. The van der Waals surface area contributed by atoms with Gasteiger partial charge in [-0.25, -0.2) is 0 Å². The van der Waals surface area contributed by atoms with Gasteiger partial charge < -0.3 is 9.47 Å². The fourth-order valence-corrected chi connectivity index (χ4v) is 2.73. The maximum atomic E-state index is 5.96. The van der Waals surface area contributed by atoms with Crippen molar-refractivity contribution >= 4 is 11.8 Å². The molecule has 0 radical (unpaired) electrons. The van der Waals surface area contributed by atoms with Crippen LogP contribution in [0.1, 0.15) is 71.4 Å². The van der Waals surface area contributed by atoms with Gasteiger partial charge in [0, 0.05) is 12.7 Å². The van der Waals surface area contributed by atoms with E-state index in [2.05, 4.69) is 75.5 Å². The Hall–Kier alpha value is -2.07. The van der Waals surface area contributed by atoms with Crippen LogP contribution in [-0.4, -0.2) is 25.2 Å². The van der Waals surface area contributed by atoms with Gasteiger partial charge in [-0.3, -0.25) is 5.43 Å². The van der Waals surface area contributed by atoms with E-state index in [-0.39, 0.29) is 11.6 Å². The molecule has 28 heavy (non-hydrogen) atoms. The molecule has 1 N–H and O–H groups in total. The minimum Gasteiger partial charge on any atom is -0.493 e. The number of allylic oxidation sites excluding steroid dienone is 2. The summed E-state index contributed by atoms with van der Waals surface area (Å²) in [6.07, 6.45) is 10.0. The third kappa shape index (κ3) is 7.16. The van der Waals surface area contributed by atoms with Gasteiger partial charge in [-0.1, -0.05) is 77.8 Å². The second kappa shape index (κ2) is 11.1. The average Bonchev–Trinajstić information content (AvgIpc) is 2.67. The number of ether oxygens (including phenoxy) is 2. The molecule has 0 amide bonds. The van der Waals surface area contributed by atoms with Gasteiger partial charge in [0.1, 0.15) is 5.76 Å². The molecule has 1 atom stereocenters. The van der Waals surface area contributed by atoms with Crippen molar-refractivity contribution in [3.05, 3.63) is 53.3 Å². The van der Waals surface area contributed by atoms with Crippen LogP contribution in [0.15, 0.2) is 47.3 Å². The van der Waals surface area contributed by atoms with E-state index in [9.17, 15) is 0 Å². The number of benzene rings is 1. The third-order valence-corrected chi connectivity index (χ3v) is 4.63. The first-order valence-corrected chi connectivity index (χ1v) is 10.5. The molecule has 1 aliphatic rings. The topological polar surface area (TPSA) is 42.8 Å². The number of hydrogen-bond acceptors (Lipinski definition) is 4. The van der Waals surface area contributed by atoms with Crippen LogP contribution in [0.25, 0.3) is 6.08 Å². The van der Waals surface area contributed by atoms with Crippen LogP contribution in [-0.2, 0) is 14.9 Å². The molecule has 0 saturated carbocycles. The molecule has 1 heterocycles. The van der Waals surface area contributed by atoms with Crippen LogP contribution in [0.2, 0.25) is 0 Å². The molecular weight excluding hydrogens is 348 g/mol. The van der Waals surface area contributed by atoms with Crippen LogP contribution in [0.4, 0.5) is 0 Å². The van der Waals surface area contributed by atoms with E-state index in [1.807, 2.05) is 12.2 Å². The number of nitrogens with zero attached hydrogens (tertiary/aromatic N) is 1. The Labute approximate surface area is 170 Å². The predicted molar refractivity (Wildman–Crippen MR) is 118 cm³/mol. The minimum atomic E-state index is -0.299. The lowest BCUT2D eigenvalue weighted by molar-refractivity contribution is 0.00723. The highest BCUT2D eigenvalue weighted by molar-refractivity contribution is 6.07. The summed E-state index contributed by atoms with van der Waals surface area (Å²) in [7, 11) is 0. The lowest BCUT2D eigenvalue weighted by Crippen LogP contribution is -2.35. The van der Waals surface area contributed by atoms with Crippen molar-refractivity contribution in [2.75, 3.05) is 13.2 Å². The van der Waals surface area contributed by atoms with E-state index < -0.39 is 0 Å². The Kier molecular flexibility index (Phi) is 8.78. The largest absolute Gasteiger partial charge is 0.493 e. The maximum absolute atomic E-state index is 5.96. The lowest BCUT2D eigenvalue weighted by atomic mass is 9.87. The fraction of sp³-hybridized carbons (Fsp3) is 0.542. The van der Waals surface area contributed by atoms with Crippen molar-refractivity contribution < 1.29 is 9.47 Å². The highest BCUT2D eigenvalue weighted by atomic mass is 16.5. The van der Waals surface area contributed by atoms with Crippen molar-refractivity contribution in [1.82, 2.24) is 5.43 Å². The zero-order valence-electron chi connectivity index (χ0n) is 18.1. The number of unbranched alkanes of at least 4 members (excludes halogenated alkanes) is 2. The molecule has 0 spiro atoms. The molecule has 0 aromatic heterocycles. The summed E-state index contributed by atoms with van der Waals surface area (Å²) in [5, 5.41) is 4.44. The Bertz CT molecular complexity index is 682. The van der Waals surface area contributed by atoms with Gasteiger partial charge in [0.15, 0.2) is 0 Å². The molecule has 4 heteroatoms. The minimum absolute atomic E-state index is 0.167. The highest BCUT2D eigenvalue weighted by Gasteiger charge is 2.20. The van der Waals surface area contributed by atoms with E-state index >= 15 is 0 Å². The first kappa shape index (κ1) is 22.2. The summed E-state index contributed by atoms with van der Waals surface area (Å²) in [6, 6.07) is 8.67. The predicted octanol–water partition coefficient (Wildman–Crippen LogP) is 5.80. The summed E-state index contributed by atoms with van der Waals surface area (Å²) >= 11 is 0. The zero-order valence-corrected chi connectivity index (χ0v) is 18.1. The summed E-state index contributed by atoms with van der Waals surface area (Å²) in [5.41, 5.74) is 6.58. The first-order valence-electron chi connectivity index (χ1n) is 10.5. The third-order valence-electron chi connectivity index (χ3n) is 4.63. The van der Waals surface area contributed by atoms with Gasteiger partial charge in [0.05, 0.1) is 12.3 Å². The lowest BCUT2D eigenvalue weighted by Gasteiger charge is -2.24. The molecule has 2 rings (SSSR count). The van der Waals surface area contributed by atoms with Gasteiger partial charge >= 0.3 is 0 Å². The van der Waals surface area contributed by atoms with E-state index in [1.54, 1.807) is 0 Å². The van der Waals surface area contributed by atoms with Crippen molar-refractivity contribution in [1.29, 1.82) is 0 Å². The number of hydrogen-bond donors (Lipinski definition) is 1. The molecule has 1 aliphatic heterocycles. The molecular formula is C24H36N2O2. The van der Waals surface area contributed by atoms with Crippen LogP contribution in [0, 0.1) is 0 Å². The van der Waals surface area contributed by atoms with Gasteiger partial charge in [-0.15, -0.1) is 0 Å². The van der Waals surface area contributed by atoms with Crippen molar-refractivity contribution in [3.63, 3.8) is 0 Å². The molecule has 4 nitrogen and oxygen atoms in total. The van der Waals surface area contributed by atoms with Crippen LogP contribution >= 0.6 is 0 Å². The van der Waals surface area contributed by atoms with Crippen molar-refractivity contribution in [2.45, 2.75) is 71.9 Å². The zero-order chi connectivity index (χ0) is 20.4. The molecule has 1 aromatic rings. The second-order valence-corrected chi connectivity index (χ2v) is 8.22. The summed E-state index contributed by atoms with van der Waals surface area (Å²) in [5.74, 6) is 0.808. The van der Waals surface area contributed by atoms with Crippen LogP contribution in [0.5, 0.6) is 0 Å². The SMILES string of the molecule is CCCCOC1=CC(/C=C/c2ccc(C(C)(C)C)cc2)=NNC1OCCCC. The van der Waals surface area contributed by atoms with E-state index in [0.717, 1.165) is 42.7 Å². The molecule has 154 valence electrons. The fourth-order valence-electron chi connectivity index (χ4n) is 2.73. The van der Waals surface area contributed by atoms with Crippen LogP contribution in [0.3, 0.4) is 0 Å². The monoisotopic (exact) mass is 384 g/mol. The molecule has 1 aromatic carbocycles. The number of nitrogens with one attached hydrogen (secondary N) is 1. The maximum Gasteiger partial charge on any atom is 0.200 e. The number of hydrazone groups is 1. The molecule has 0 fully saturated rings. The first-order chi connectivity index (χ1) is 13.4. The van der Waals surface area contributed by atoms with Gasteiger partial charge in [0.2, 0.25) is 6.23 Å². The Morgan fingerprint density at radius 1 is 1.00 bits per heavy atom. The standard InChI is InChI=1S/C24H36N2O2/c1-6-8-16-27-22-18-21(25-26-23(22)28-17-9-7-2)15-12-19-10-13-20(14-11-19)24(3,4)5/h10-15,18,23,26H,6-9,16-17H2,1-5H3/b15-12+. The quantitative estimate of drug-likeness (QED) is 0.518.